The van der Waals surface area contributed by atoms with Crippen molar-refractivity contribution in [2.45, 2.75) is 32.9 Å². The topological polar surface area (TPSA) is 50.4 Å². The zero-order chi connectivity index (χ0) is 15.7. The molecular formula is C16H23FN2O2. The van der Waals surface area contributed by atoms with E-state index in [1.807, 2.05) is 0 Å². The SMILES string of the molecule is C=CCNC(=O)C(C)Oc1ccc(CNCCC)cc1F. The average molecular weight is 294 g/mol. The summed E-state index contributed by atoms with van der Waals surface area (Å²) < 4.78 is 19.3. The van der Waals surface area contributed by atoms with E-state index in [1.165, 1.54) is 6.07 Å². The number of hydrogen-bond donors (Lipinski definition) is 2. The fraction of sp³-hybridized carbons (Fsp3) is 0.438. The molecule has 0 aliphatic carbocycles. The molecule has 0 aliphatic rings. The van der Waals surface area contributed by atoms with Crippen LogP contribution >= 0.6 is 0 Å². The fourth-order valence-corrected chi connectivity index (χ4v) is 1.72. The molecule has 0 radical (unpaired) electrons. The van der Waals surface area contributed by atoms with Crippen molar-refractivity contribution < 1.29 is 13.9 Å². The molecule has 1 amide bonds. The van der Waals surface area contributed by atoms with E-state index in [4.69, 9.17) is 4.74 Å². The lowest BCUT2D eigenvalue weighted by Gasteiger charge is -2.15. The van der Waals surface area contributed by atoms with Crippen LogP contribution in [0.5, 0.6) is 5.75 Å². The van der Waals surface area contributed by atoms with Crippen LogP contribution in [-0.4, -0.2) is 25.1 Å². The molecule has 0 aromatic heterocycles. The Balaban J connectivity index is 2.59. The summed E-state index contributed by atoms with van der Waals surface area (Å²) in [5.74, 6) is -0.687. The molecule has 4 nitrogen and oxygen atoms in total. The Morgan fingerprint density at radius 2 is 2.29 bits per heavy atom. The van der Waals surface area contributed by atoms with E-state index < -0.39 is 11.9 Å². The highest BCUT2D eigenvalue weighted by Gasteiger charge is 2.15. The van der Waals surface area contributed by atoms with Gasteiger partial charge in [0.05, 0.1) is 0 Å². The lowest BCUT2D eigenvalue weighted by molar-refractivity contribution is -0.127. The van der Waals surface area contributed by atoms with Crippen LogP contribution in [0.4, 0.5) is 4.39 Å². The molecule has 21 heavy (non-hydrogen) atoms. The van der Waals surface area contributed by atoms with Crippen LogP contribution < -0.4 is 15.4 Å². The first-order chi connectivity index (χ1) is 10.1. The van der Waals surface area contributed by atoms with E-state index in [1.54, 1.807) is 25.1 Å². The first-order valence-electron chi connectivity index (χ1n) is 7.12. The molecule has 1 unspecified atom stereocenters. The number of carbonyl (C=O) groups is 1. The van der Waals surface area contributed by atoms with Gasteiger partial charge in [0.1, 0.15) is 0 Å². The van der Waals surface area contributed by atoms with E-state index in [-0.39, 0.29) is 11.7 Å². The molecule has 0 heterocycles. The molecule has 0 saturated heterocycles. The van der Waals surface area contributed by atoms with Crippen molar-refractivity contribution in [3.05, 3.63) is 42.2 Å². The molecule has 0 bridgehead atoms. The minimum Gasteiger partial charge on any atom is -0.478 e. The maximum absolute atomic E-state index is 13.9. The number of amides is 1. The van der Waals surface area contributed by atoms with Crippen LogP contribution in [-0.2, 0) is 11.3 Å². The molecule has 116 valence electrons. The third-order valence-corrected chi connectivity index (χ3v) is 2.85. The summed E-state index contributed by atoms with van der Waals surface area (Å²) in [7, 11) is 0. The molecule has 1 aromatic rings. The van der Waals surface area contributed by atoms with Gasteiger partial charge in [0, 0.05) is 13.1 Å². The number of hydrogen-bond acceptors (Lipinski definition) is 3. The van der Waals surface area contributed by atoms with Crippen molar-refractivity contribution in [1.29, 1.82) is 0 Å². The second-order valence-corrected chi connectivity index (χ2v) is 4.74. The maximum Gasteiger partial charge on any atom is 0.261 e. The summed E-state index contributed by atoms with van der Waals surface area (Å²) in [4.78, 5) is 11.6. The van der Waals surface area contributed by atoms with E-state index >= 15 is 0 Å². The van der Waals surface area contributed by atoms with Crippen molar-refractivity contribution in [1.82, 2.24) is 10.6 Å². The predicted molar refractivity (Wildman–Crippen MR) is 81.7 cm³/mol. The van der Waals surface area contributed by atoms with Crippen LogP contribution in [0.2, 0.25) is 0 Å². The van der Waals surface area contributed by atoms with Gasteiger partial charge in [0.25, 0.3) is 5.91 Å². The number of halogens is 1. The van der Waals surface area contributed by atoms with Crippen LogP contribution in [0.25, 0.3) is 0 Å². The van der Waals surface area contributed by atoms with Gasteiger partial charge >= 0.3 is 0 Å². The number of nitrogens with one attached hydrogen (secondary N) is 2. The normalized spacial score (nSPS) is 11.8. The highest BCUT2D eigenvalue weighted by molar-refractivity contribution is 5.80. The van der Waals surface area contributed by atoms with Crippen molar-refractivity contribution in [2.75, 3.05) is 13.1 Å². The Labute approximate surface area is 125 Å². The minimum atomic E-state index is -0.761. The van der Waals surface area contributed by atoms with E-state index in [0.29, 0.717) is 13.1 Å². The zero-order valence-corrected chi connectivity index (χ0v) is 12.6. The summed E-state index contributed by atoms with van der Waals surface area (Å²) in [5, 5.41) is 5.80. The highest BCUT2D eigenvalue weighted by Crippen LogP contribution is 2.19. The monoisotopic (exact) mass is 294 g/mol. The number of benzene rings is 1. The number of rotatable bonds is 9. The van der Waals surface area contributed by atoms with Gasteiger partial charge in [-0.15, -0.1) is 6.58 Å². The molecule has 0 spiro atoms. The molecule has 0 fully saturated rings. The molecule has 1 rings (SSSR count). The second-order valence-electron chi connectivity index (χ2n) is 4.74. The van der Waals surface area contributed by atoms with Crippen molar-refractivity contribution in [3.8, 4) is 5.75 Å². The molecule has 0 aliphatic heterocycles. The fourth-order valence-electron chi connectivity index (χ4n) is 1.72. The third-order valence-electron chi connectivity index (χ3n) is 2.85. The Morgan fingerprint density at radius 1 is 1.52 bits per heavy atom. The standard InChI is InChI=1S/C16H23FN2O2/c1-4-8-18-11-13-6-7-15(14(17)10-13)21-12(3)16(20)19-9-5-2/h5-7,10,12,18H,2,4,8-9,11H2,1,3H3,(H,19,20). The molecule has 2 N–H and O–H groups in total. The van der Waals surface area contributed by atoms with E-state index in [0.717, 1.165) is 18.5 Å². The predicted octanol–water partition coefficient (Wildman–Crippen LogP) is 2.39. The van der Waals surface area contributed by atoms with Crippen LogP contribution in [0.15, 0.2) is 30.9 Å². The smallest absolute Gasteiger partial charge is 0.261 e. The van der Waals surface area contributed by atoms with Crippen LogP contribution in [0.1, 0.15) is 25.8 Å². The van der Waals surface area contributed by atoms with Crippen molar-refractivity contribution >= 4 is 5.91 Å². The van der Waals surface area contributed by atoms with Gasteiger partial charge in [-0.3, -0.25) is 4.79 Å². The van der Waals surface area contributed by atoms with Crippen LogP contribution in [0.3, 0.4) is 0 Å². The largest absolute Gasteiger partial charge is 0.478 e. The van der Waals surface area contributed by atoms with Gasteiger partial charge in [-0.2, -0.15) is 0 Å². The quantitative estimate of drug-likeness (QED) is 0.543. The molecule has 5 heteroatoms. The summed E-state index contributed by atoms with van der Waals surface area (Å²) in [6.45, 7) is 9.02. The van der Waals surface area contributed by atoms with Gasteiger partial charge in [0.2, 0.25) is 0 Å². The van der Waals surface area contributed by atoms with E-state index in [2.05, 4.69) is 24.1 Å². The van der Waals surface area contributed by atoms with E-state index in [9.17, 15) is 9.18 Å². The Bertz CT molecular complexity index is 477. The minimum absolute atomic E-state index is 0.0792. The first kappa shape index (κ1) is 17.2. The number of carbonyl (C=O) groups excluding carboxylic acids is 1. The summed E-state index contributed by atoms with van der Waals surface area (Å²) in [6, 6.07) is 4.76. The first-order valence-corrected chi connectivity index (χ1v) is 7.12. The lowest BCUT2D eigenvalue weighted by atomic mass is 10.2. The summed E-state index contributed by atoms with van der Waals surface area (Å²) in [6.07, 6.45) is 1.84. The van der Waals surface area contributed by atoms with Gasteiger partial charge in [-0.05, 0) is 37.6 Å². The molecular weight excluding hydrogens is 271 g/mol. The lowest BCUT2D eigenvalue weighted by Crippen LogP contribution is -2.36. The highest BCUT2D eigenvalue weighted by atomic mass is 19.1. The average Bonchev–Trinajstić information content (AvgIpc) is 2.47. The Kier molecular flexibility index (Phi) is 7.46. The molecule has 1 aromatic carbocycles. The number of ether oxygens (including phenoxy) is 1. The van der Waals surface area contributed by atoms with Crippen LogP contribution in [0, 0.1) is 5.82 Å². The second kappa shape index (κ2) is 9.13. The zero-order valence-electron chi connectivity index (χ0n) is 12.6. The Hall–Kier alpha value is -1.88. The summed E-state index contributed by atoms with van der Waals surface area (Å²) >= 11 is 0. The van der Waals surface area contributed by atoms with Crippen molar-refractivity contribution in [2.24, 2.45) is 0 Å². The molecule has 1 atom stereocenters. The van der Waals surface area contributed by atoms with Gasteiger partial charge in [-0.25, -0.2) is 4.39 Å². The molecule has 0 saturated carbocycles. The third kappa shape index (κ3) is 5.95. The summed E-state index contributed by atoms with van der Waals surface area (Å²) in [5.41, 5.74) is 0.845. The van der Waals surface area contributed by atoms with Gasteiger partial charge in [-0.1, -0.05) is 19.1 Å². The maximum atomic E-state index is 13.9. The van der Waals surface area contributed by atoms with Gasteiger partial charge in [0.15, 0.2) is 17.7 Å². The van der Waals surface area contributed by atoms with Gasteiger partial charge < -0.3 is 15.4 Å². The Morgan fingerprint density at radius 3 is 2.90 bits per heavy atom. The van der Waals surface area contributed by atoms with Crippen molar-refractivity contribution in [3.63, 3.8) is 0 Å².